The maximum atomic E-state index is 11.1. The summed E-state index contributed by atoms with van der Waals surface area (Å²) in [6.45, 7) is -0.245. The smallest absolute Gasteiger partial charge is 0.343 e. The Labute approximate surface area is 130 Å². The van der Waals surface area contributed by atoms with Gasteiger partial charge in [0.2, 0.25) is 5.82 Å². The highest BCUT2D eigenvalue weighted by Gasteiger charge is 2.25. The van der Waals surface area contributed by atoms with Gasteiger partial charge < -0.3 is 20.1 Å². The van der Waals surface area contributed by atoms with Crippen LogP contribution in [0.15, 0.2) is 18.3 Å². The third-order valence-electron chi connectivity index (χ3n) is 3.25. The topological polar surface area (TPSA) is 128 Å². The van der Waals surface area contributed by atoms with Crippen molar-refractivity contribution in [3.8, 4) is 11.6 Å². The summed E-state index contributed by atoms with van der Waals surface area (Å²) in [6.07, 6.45) is 1.13. The maximum Gasteiger partial charge on any atom is 0.343 e. The average molecular weight is 318 g/mol. The van der Waals surface area contributed by atoms with Gasteiger partial charge in [-0.3, -0.25) is 0 Å². The Kier molecular flexibility index (Phi) is 3.62. The van der Waals surface area contributed by atoms with Gasteiger partial charge in [0.15, 0.2) is 5.65 Å². The predicted molar refractivity (Wildman–Crippen MR) is 80.1 cm³/mol. The van der Waals surface area contributed by atoms with Crippen LogP contribution in [-0.4, -0.2) is 60.1 Å². The number of fused-ring (bicyclic) bond motifs is 1. The number of imidazole rings is 1. The molecule has 120 valence electrons. The molecular formula is C12H14N8O3. The first-order chi connectivity index (χ1) is 11.0. The van der Waals surface area contributed by atoms with Crippen LogP contribution in [0.2, 0.25) is 0 Å². The molecule has 0 aliphatic rings. The zero-order valence-corrected chi connectivity index (χ0v) is 12.5. The van der Waals surface area contributed by atoms with Gasteiger partial charge in [-0.25, -0.2) is 9.55 Å². The minimum atomic E-state index is -0.561. The van der Waals surface area contributed by atoms with Gasteiger partial charge in [-0.2, -0.15) is 4.52 Å². The van der Waals surface area contributed by atoms with Crippen molar-refractivity contribution in [3.05, 3.63) is 28.4 Å². The quantitative estimate of drug-likeness (QED) is 0.512. The highest BCUT2D eigenvalue weighted by Crippen LogP contribution is 2.23. The van der Waals surface area contributed by atoms with Crippen molar-refractivity contribution >= 4 is 17.3 Å². The molecule has 23 heavy (non-hydrogen) atoms. The van der Waals surface area contributed by atoms with Crippen LogP contribution in [0.3, 0.4) is 0 Å². The van der Waals surface area contributed by atoms with E-state index in [-0.39, 0.29) is 30.6 Å². The fourth-order valence-corrected chi connectivity index (χ4v) is 2.17. The summed E-state index contributed by atoms with van der Waals surface area (Å²) in [7, 11) is 3.69. The Hall–Kier alpha value is -3.08. The fraction of sp³-hybridized carbons (Fsp3) is 0.333. The molecule has 0 amide bonds. The molecule has 1 N–H and O–H groups in total. The van der Waals surface area contributed by atoms with Crippen molar-refractivity contribution in [1.29, 1.82) is 0 Å². The Bertz CT molecular complexity index is 868. The van der Waals surface area contributed by atoms with E-state index in [1.165, 1.54) is 9.08 Å². The first-order valence-electron chi connectivity index (χ1n) is 6.74. The van der Waals surface area contributed by atoms with E-state index in [4.69, 9.17) is 5.11 Å². The highest BCUT2D eigenvalue weighted by molar-refractivity contribution is 5.55. The largest absolute Gasteiger partial charge is 0.392 e. The van der Waals surface area contributed by atoms with E-state index < -0.39 is 4.92 Å². The molecule has 0 atom stereocenters. The number of anilines is 1. The van der Waals surface area contributed by atoms with E-state index >= 15 is 0 Å². The van der Waals surface area contributed by atoms with Crippen molar-refractivity contribution < 1.29 is 10.0 Å². The number of nitrogens with zero attached hydrogens (tertiary/aromatic N) is 8. The highest BCUT2D eigenvalue weighted by atomic mass is 16.6. The first kappa shape index (κ1) is 14.8. The molecule has 0 radical (unpaired) electrons. The number of rotatable bonds is 5. The summed E-state index contributed by atoms with van der Waals surface area (Å²) in [4.78, 5) is 16.4. The average Bonchev–Trinajstić information content (AvgIpc) is 3.10. The van der Waals surface area contributed by atoms with E-state index in [1.54, 1.807) is 12.1 Å². The summed E-state index contributed by atoms with van der Waals surface area (Å²) < 4.78 is 2.75. The zero-order valence-electron chi connectivity index (χ0n) is 12.5. The van der Waals surface area contributed by atoms with E-state index in [0.29, 0.717) is 11.5 Å². The lowest BCUT2D eigenvalue weighted by Gasteiger charge is -2.10. The summed E-state index contributed by atoms with van der Waals surface area (Å²) >= 11 is 0. The summed E-state index contributed by atoms with van der Waals surface area (Å²) in [6, 6.07) is 3.53. The van der Waals surface area contributed by atoms with Crippen LogP contribution in [-0.2, 0) is 6.54 Å². The molecule has 0 aromatic carbocycles. The minimum Gasteiger partial charge on any atom is -0.392 e. The molecule has 3 heterocycles. The van der Waals surface area contributed by atoms with Crippen molar-refractivity contribution in [1.82, 2.24) is 29.4 Å². The predicted octanol–water partition coefficient (Wildman–Crippen LogP) is -0.0457. The van der Waals surface area contributed by atoms with Crippen molar-refractivity contribution in [2.45, 2.75) is 6.54 Å². The number of aromatic nitrogens is 6. The van der Waals surface area contributed by atoms with Crippen molar-refractivity contribution in [2.24, 2.45) is 0 Å². The molecule has 0 fully saturated rings. The van der Waals surface area contributed by atoms with Crippen LogP contribution >= 0.6 is 0 Å². The molecule has 0 aliphatic carbocycles. The molecular weight excluding hydrogens is 304 g/mol. The van der Waals surface area contributed by atoms with Crippen molar-refractivity contribution in [3.63, 3.8) is 0 Å². The van der Waals surface area contributed by atoms with E-state index in [9.17, 15) is 10.1 Å². The molecule has 3 aromatic rings. The Balaban J connectivity index is 2.20. The van der Waals surface area contributed by atoms with Gasteiger partial charge in [0, 0.05) is 14.1 Å². The zero-order chi connectivity index (χ0) is 16.6. The van der Waals surface area contributed by atoms with Gasteiger partial charge in [-0.15, -0.1) is 15.3 Å². The molecule has 0 unspecified atom stereocenters. The standard InChI is InChI=1S/C12H14N8O3/c1-17(2)9-4-3-8-14-15-12(19(8)16-9)11-13-7-10(20(22)23)18(11)5-6-21/h3-4,7,21H,5-6H2,1-2H3. The molecule has 0 spiro atoms. The summed E-state index contributed by atoms with van der Waals surface area (Å²) in [5.74, 6) is 0.940. The van der Waals surface area contributed by atoms with Crippen LogP contribution in [0, 0.1) is 10.1 Å². The van der Waals surface area contributed by atoms with Gasteiger partial charge in [-0.05, 0) is 17.1 Å². The lowest BCUT2D eigenvalue weighted by molar-refractivity contribution is -0.392. The fourth-order valence-electron chi connectivity index (χ4n) is 2.17. The number of hydrogen-bond acceptors (Lipinski definition) is 8. The molecule has 3 rings (SSSR count). The van der Waals surface area contributed by atoms with Crippen LogP contribution < -0.4 is 4.90 Å². The van der Waals surface area contributed by atoms with Crippen LogP contribution in [0.5, 0.6) is 0 Å². The molecule has 11 nitrogen and oxygen atoms in total. The Morgan fingerprint density at radius 2 is 2.09 bits per heavy atom. The Morgan fingerprint density at radius 1 is 1.30 bits per heavy atom. The van der Waals surface area contributed by atoms with Gasteiger partial charge in [0.25, 0.3) is 5.82 Å². The van der Waals surface area contributed by atoms with E-state index in [0.717, 1.165) is 6.20 Å². The van der Waals surface area contributed by atoms with Crippen LogP contribution in [0.4, 0.5) is 11.6 Å². The molecule has 3 aromatic heterocycles. The maximum absolute atomic E-state index is 11.1. The molecule has 11 heteroatoms. The molecule has 0 saturated heterocycles. The third-order valence-corrected chi connectivity index (χ3v) is 3.25. The number of aliphatic hydroxyl groups excluding tert-OH is 1. The van der Waals surface area contributed by atoms with Gasteiger partial charge >= 0.3 is 5.82 Å². The second-order valence-electron chi connectivity index (χ2n) is 4.95. The number of hydrogen-bond donors (Lipinski definition) is 1. The van der Waals surface area contributed by atoms with Crippen LogP contribution in [0.25, 0.3) is 17.3 Å². The summed E-state index contributed by atoms with van der Waals surface area (Å²) in [5, 5.41) is 32.7. The number of aliphatic hydroxyl groups is 1. The third kappa shape index (κ3) is 2.46. The SMILES string of the molecule is CN(C)c1ccc2nnc(-c3ncc([N+](=O)[O-])n3CCO)n2n1. The lowest BCUT2D eigenvalue weighted by Crippen LogP contribution is -2.13. The second-order valence-corrected chi connectivity index (χ2v) is 4.95. The Morgan fingerprint density at radius 3 is 2.74 bits per heavy atom. The van der Waals surface area contributed by atoms with E-state index in [2.05, 4.69) is 20.3 Å². The van der Waals surface area contributed by atoms with Crippen LogP contribution in [0.1, 0.15) is 0 Å². The second kappa shape index (κ2) is 5.61. The van der Waals surface area contributed by atoms with Gasteiger partial charge in [-0.1, -0.05) is 0 Å². The van der Waals surface area contributed by atoms with Gasteiger partial charge in [0.05, 0.1) is 6.61 Å². The monoisotopic (exact) mass is 318 g/mol. The first-order valence-corrected chi connectivity index (χ1v) is 6.74. The van der Waals surface area contributed by atoms with E-state index in [1.807, 2.05) is 19.0 Å². The summed E-state index contributed by atoms with van der Waals surface area (Å²) in [5.41, 5.74) is 0.492. The normalized spacial score (nSPS) is 11.1. The number of nitro groups is 1. The molecule has 0 aliphatic heterocycles. The molecule has 0 saturated carbocycles. The van der Waals surface area contributed by atoms with Crippen molar-refractivity contribution in [2.75, 3.05) is 25.6 Å². The molecule has 0 bridgehead atoms. The minimum absolute atomic E-state index is 0.0218. The van der Waals surface area contributed by atoms with Gasteiger partial charge in [0.1, 0.15) is 18.6 Å². The lowest BCUT2D eigenvalue weighted by atomic mass is 10.4.